The van der Waals surface area contributed by atoms with Gasteiger partial charge >= 0.3 is 0 Å². The molecule has 0 radical (unpaired) electrons. The van der Waals surface area contributed by atoms with Crippen LogP contribution in [0, 0.1) is 5.82 Å². The van der Waals surface area contributed by atoms with Crippen LogP contribution in [0.15, 0.2) is 48.5 Å². The molecule has 0 saturated carbocycles. The van der Waals surface area contributed by atoms with Crippen molar-refractivity contribution < 1.29 is 22.8 Å². The summed E-state index contributed by atoms with van der Waals surface area (Å²) in [6.45, 7) is 4.20. The average Bonchev–Trinajstić information content (AvgIpc) is 2.97. The fraction of sp³-hybridized carbons (Fsp3) is 0.391. The van der Waals surface area contributed by atoms with E-state index in [1.165, 1.54) is 17.0 Å². The molecule has 2 aromatic carbocycles. The van der Waals surface area contributed by atoms with Gasteiger partial charge in [0, 0.05) is 30.5 Å². The first kappa shape index (κ1) is 21.9. The Bertz CT molecular complexity index is 913. The molecule has 0 aromatic heterocycles. The molecule has 1 N–H and O–H groups in total. The highest BCUT2D eigenvalue weighted by Gasteiger charge is 2.43. The van der Waals surface area contributed by atoms with E-state index in [-0.39, 0.29) is 37.7 Å². The van der Waals surface area contributed by atoms with Gasteiger partial charge in [-0.3, -0.25) is 9.59 Å². The van der Waals surface area contributed by atoms with E-state index in [2.05, 4.69) is 5.32 Å². The monoisotopic (exact) mass is 418 g/mol. The van der Waals surface area contributed by atoms with Crippen LogP contribution >= 0.6 is 0 Å². The smallest absolute Gasteiger partial charge is 0.255 e. The molecular weight excluding hydrogens is 393 g/mol. The number of carbonyl (C=O) groups excluding carboxylic acids is 2. The third kappa shape index (κ3) is 4.66. The summed E-state index contributed by atoms with van der Waals surface area (Å²) in [6, 6.07) is 12.2. The van der Waals surface area contributed by atoms with Crippen molar-refractivity contribution in [1.29, 1.82) is 0 Å². The third-order valence-corrected chi connectivity index (χ3v) is 5.40. The second-order valence-electron chi connectivity index (χ2n) is 8.14. The van der Waals surface area contributed by atoms with Gasteiger partial charge in [0.2, 0.25) is 12.3 Å². The zero-order chi connectivity index (χ0) is 21.9. The van der Waals surface area contributed by atoms with E-state index in [0.717, 1.165) is 5.56 Å². The standard InChI is InChI=1S/C23H25F3N2O2/c1-23(2,15-9-11-16(24)12-10-15)14-28-20(21(29)27-13-5-8-19(25)26)17-6-3-4-7-18(17)22(28)30/h3-4,6-7,9-12,19-20H,5,8,13-14H2,1-2H3,(H,27,29). The van der Waals surface area contributed by atoms with Gasteiger partial charge in [0.25, 0.3) is 5.91 Å². The van der Waals surface area contributed by atoms with Crippen molar-refractivity contribution in [2.45, 2.75) is 44.6 Å². The molecule has 2 aromatic rings. The van der Waals surface area contributed by atoms with E-state index in [9.17, 15) is 22.8 Å². The van der Waals surface area contributed by atoms with Gasteiger partial charge in [-0.05, 0) is 35.7 Å². The summed E-state index contributed by atoms with van der Waals surface area (Å²) in [5.41, 5.74) is 1.35. The maximum Gasteiger partial charge on any atom is 0.255 e. The lowest BCUT2D eigenvalue weighted by Crippen LogP contribution is -2.44. The van der Waals surface area contributed by atoms with Crippen LogP contribution in [0.1, 0.15) is 54.2 Å². The van der Waals surface area contributed by atoms with Crippen molar-refractivity contribution in [3.05, 3.63) is 71.0 Å². The lowest BCUT2D eigenvalue weighted by Gasteiger charge is -2.34. The van der Waals surface area contributed by atoms with Crippen molar-refractivity contribution in [2.24, 2.45) is 0 Å². The van der Waals surface area contributed by atoms with E-state index in [1.807, 2.05) is 13.8 Å². The topological polar surface area (TPSA) is 49.4 Å². The minimum absolute atomic E-state index is 0.116. The Labute approximate surface area is 174 Å². The Kier molecular flexibility index (Phi) is 6.48. The molecule has 1 aliphatic heterocycles. The molecule has 7 heteroatoms. The fourth-order valence-electron chi connectivity index (χ4n) is 3.80. The molecule has 1 heterocycles. The van der Waals surface area contributed by atoms with Gasteiger partial charge in [0.05, 0.1) is 0 Å². The second-order valence-corrected chi connectivity index (χ2v) is 8.14. The van der Waals surface area contributed by atoms with E-state index in [1.54, 1.807) is 36.4 Å². The summed E-state index contributed by atoms with van der Waals surface area (Å²) < 4.78 is 38.0. The molecule has 2 amide bonds. The quantitative estimate of drug-likeness (QED) is 0.644. The van der Waals surface area contributed by atoms with Crippen LogP contribution in [-0.4, -0.2) is 36.2 Å². The normalized spacial score (nSPS) is 16.1. The zero-order valence-electron chi connectivity index (χ0n) is 17.0. The summed E-state index contributed by atoms with van der Waals surface area (Å²) >= 11 is 0. The molecule has 0 saturated heterocycles. The molecule has 3 rings (SSSR count). The van der Waals surface area contributed by atoms with Crippen molar-refractivity contribution in [2.75, 3.05) is 13.1 Å². The largest absolute Gasteiger partial charge is 0.354 e. The van der Waals surface area contributed by atoms with E-state index in [0.29, 0.717) is 11.1 Å². The number of nitrogens with zero attached hydrogens (tertiary/aromatic N) is 1. The van der Waals surface area contributed by atoms with Crippen LogP contribution in [-0.2, 0) is 10.2 Å². The van der Waals surface area contributed by atoms with Crippen molar-refractivity contribution >= 4 is 11.8 Å². The van der Waals surface area contributed by atoms with E-state index < -0.39 is 23.8 Å². The van der Waals surface area contributed by atoms with E-state index in [4.69, 9.17) is 0 Å². The summed E-state index contributed by atoms with van der Waals surface area (Å²) in [6.07, 6.45) is -2.54. The van der Waals surface area contributed by atoms with Crippen LogP contribution in [0.2, 0.25) is 0 Å². The highest BCUT2D eigenvalue weighted by Crippen LogP contribution is 2.37. The number of hydrogen-bond donors (Lipinski definition) is 1. The van der Waals surface area contributed by atoms with Crippen LogP contribution < -0.4 is 5.32 Å². The zero-order valence-corrected chi connectivity index (χ0v) is 17.0. The molecule has 0 spiro atoms. The molecule has 1 unspecified atom stereocenters. The predicted octanol–water partition coefficient (Wildman–Crippen LogP) is 4.46. The number of amides is 2. The Morgan fingerprint density at radius 1 is 1.13 bits per heavy atom. The van der Waals surface area contributed by atoms with Gasteiger partial charge in [-0.15, -0.1) is 0 Å². The van der Waals surface area contributed by atoms with Crippen LogP contribution in [0.5, 0.6) is 0 Å². The molecule has 160 valence electrons. The van der Waals surface area contributed by atoms with Gasteiger partial charge in [-0.25, -0.2) is 13.2 Å². The molecular formula is C23H25F3N2O2. The molecule has 0 bridgehead atoms. The predicted molar refractivity (Wildman–Crippen MR) is 108 cm³/mol. The van der Waals surface area contributed by atoms with Crippen LogP contribution in [0.25, 0.3) is 0 Å². The molecule has 1 aliphatic rings. The van der Waals surface area contributed by atoms with Gasteiger partial charge in [-0.2, -0.15) is 0 Å². The van der Waals surface area contributed by atoms with Gasteiger partial charge in [0.15, 0.2) is 0 Å². The highest BCUT2D eigenvalue weighted by molar-refractivity contribution is 6.04. The van der Waals surface area contributed by atoms with Crippen LogP contribution in [0.4, 0.5) is 13.2 Å². The number of rotatable bonds is 8. The number of fused-ring (bicyclic) bond motifs is 1. The van der Waals surface area contributed by atoms with E-state index >= 15 is 0 Å². The van der Waals surface area contributed by atoms with Gasteiger partial charge in [0.1, 0.15) is 11.9 Å². The number of halogens is 3. The van der Waals surface area contributed by atoms with Gasteiger partial charge < -0.3 is 10.2 Å². The number of carbonyl (C=O) groups is 2. The summed E-state index contributed by atoms with van der Waals surface area (Å²) in [4.78, 5) is 27.5. The maximum atomic E-state index is 13.3. The molecule has 0 aliphatic carbocycles. The minimum Gasteiger partial charge on any atom is -0.354 e. The van der Waals surface area contributed by atoms with Crippen LogP contribution in [0.3, 0.4) is 0 Å². The minimum atomic E-state index is -2.41. The van der Waals surface area contributed by atoms with Crippen molar-refractivity contribution in [3.8, 4) is 0 Å². The SMILES string of the molecule is CC(C)(CN1C(=O)c2ccccc2C1C(=O)NCCCC(F)F)c1ccc(F)cc1. The summed E-state index contributed by atoms with van der Waals surface area (Å²) in [7, 11) is 0. The average molecular weight is 418 g/mol. The Balaban J connectivity index is 1.83. The summed E-state index contributed by atoms with van der Waals surface area (Å²) in [5, 5.41) is 2.69. The van der Waals surface area contributed by atoms with Crippen molar-refractivity contribution in [1.82, 2.24) is 10.2 Å². The molecule has 0 fully saturated rings. The molecule has 1 atom stereocenters. The molecule has 4 nitrogen and oxygen atoms in total. The number of alkyl halides is 2. The Morgan fingerprint density at radius 3 is 2.47 bits per heavy atom. The lowest BCUT2D eigenvalue weighted by atomic mass is 9.84. The maximum absolute atomic E-state index is 13.3. The lowest BCUT2D eigenvalue weighted by molar-refractivity contribution is -0.125. The van der Waals surface area contributed by atoms with Crippen molar-refractivity contribution in [3.63, 3.8) is 0 Å². The fourth-order valence-corrected chi connectivity index (χ4v) is 3.80. The Morgan fingerprint density at radius 2 is 1.80 bits per heavy atom. The number of benzene rings is 2. The first-order chi connectivity index (χ1) is 14.2. The number of hydrogen-bond acceptors (Lipinski definition) is 2. The molecule has 30 heavy (non-hydrogen) atoms. The highest BCUT2D eigenvalue weighted by atomic mass is 19.3. The number of nitrogens with one attached hydrogen (secondary N) is 1. The van der Waals surface area contributed by atoms with Gasteiger partial charge in [-0.1, -0.05) is 44.2 Å². The third-order valence-electron chi connectivity index (χ3n) is 5.40. The first-order valence-corrected chi connectivity index (χ1v) is 9.92. The first-order valence-electron chi connectivity index (χ1n) is 9.92. The Hall–Kier alpha value is -2.83. The summed E-state index contributed by atoms with van der Waals surface area (Å²) in [5.74, 6) is -0.994. The second kappa shape index (κ2) is 8.90.